The van der Waals surface area contributed by atoms with Crippen molar-refractivity contribution < 1.29 is 9.35 Å². The predicted molar refractivity (Wildman–Crippen MR) is 80.3 cm³/mol. The Labute approximate surface area is 116 Å². The van der Waals surface area contributed by atoms with Crippen LogP contribution in [0, 0.1) is 6.92 Å². The lowest BCUT2D eigenvalue weighted by Crippen LogP contribution is -2.27. The maximum absolute atomic E-state index is 11.7. The fourth-order valence-electron chi connectivity index (χ4n) is 2.58. The van der Waals surface area contributed by atoms with Crippen LogP contribution in [0.3, 0.4) is 0 Å². The van der Waals surface area contributed by atoms with Gasteiger partial charge in [-0.1, -0.05) is 29.4 Å². The van der Waals surface area contributed by atoms with Gasteiger partial charge in [-0.3, -0.25) is 4.79 Å². The van der Waals surface area contributed by atoms with Gasteiger partial charge in [0.25, 0.3) is 0 Å². The topological polar surface area (TPSA) is 45.1 Å². The van der Waals surface area contributed by atoms with Crippen molar-refractivity contribution in [1.29, 1.82) is 0 Å². The molecule has 0 spiro atoms. The van der Waals surface area contributed by atoms with E-state index in [1.54, 1.807) is 6.26 Å². The molecule has 3 atom stereocenters. The number of nitrogens with zero attached hydrogens (tertiary/aromatic N) is 1. The summed E-state index contributed by atoms with van der Waals surface area (Å²) in [7, 11) is 0. The van der Waals surface area contributed by atoms with Crippen LogP contribution in [0.5, 0.6) is 0 Å². The van der Waals surface area contributed by atoms with Crippen LogP contribution in [0.25, 0.3) is 10.9 Å². The van der Waals surface area contributed by atoms with E-state index < -0.39 is 11.2 Å². The van der Waals surface area contributed by atoms with Crippen molar-refractivity contribution in [2.75, 3.05) is 6.26 Å². The Kier molecular flexibility index (Phi) is 4.02. The number of carbonyl (C=O) groups excluding carboxylic acids is 1. The van der Waals surface area contributed by atoms with Crippen LogP contribution in [0.15, 0.2) is 24.3 Å². The third-order valence-corrected chi connectivity index (χ3v) is 5.37. The number of hydrogen-bond donors (Lipinski definition) is 0. The normalized spacial score (nSPS) is 16.3. The van der Waals surface area contributed by atoms with Gasteiger partial charge < -0.3 is 9.12 Å². The fourth-order valence-corrected chi connectivity index (χ4v) is 3.25. The molecule has 0 aliphatic heterocycles. The molecule has 3 nitrogen and oxygen atoms in total. The van der Waals surface area contributed by atoms with Gasteiger partial charge in [0.15, 0.2) is 6.29 Å². The lowest BCUT2D eigenvalue weighted by molar-refractivity contribution is 0.112. The zero-order valence-electron chi connectivity index (χ0n) is 11.7. The van der Waals surface area contributed by atoms with E-state index in [-0.39, 0.29) is 11.3 Å². The molecule has 0 aliphatic carbocycles. The highest BCUT2D eigenvalue weighted by Gasteiger charge is 2.26. The van der Waals surface area contributed by atoms with Crippen molar-refractivity contribution >= 4 is 28.4 Å². The maximum atomic E-state index is 11.7. The molecule has 0 N–H and O–H groups in total. The number of aromatic nitrogens is 1. The number of carbonyl (C=O) groups is 1. The first-order chi connectivity index (χ1) is 8.99. The van der Waals surface area contributed by atoms with Gasteiger partial charge in [-0.25, -0.2) is 0 Å². The monoisotopic (exact) mass is 277 g/mol. The van der Waals surface area contributed by atoms with E-state index in [0.717, 1.165) is 28.4 Å². The molecule has 0 fully saturated rings. The number of aldehydes is 1. The zero-order valence-corrected chi connectivity index (χ0v) is 12.5. The van der Waals surface area contributed by atoms with Crippen molar-refractivity contribution in [1.82, 2.24) is 4.57 Å². The van der Waals surface area contributed by atoms with E-state index in [1.807, 2.05) is 38.1 Å². The molecular formula is C15H19NO2S. The Balaban J connectivity index is 2.66. The molecule has 0 amide bonds. The van der Waals surface area contributed by atoms with Crippen molar-refractivity contribution in [3.05, 3.63) is 35.5 Å². The molecule has 0 bridgehead atoms. The van der Waals surface area contributed by atoms with Crippen molar-refractivity contribution in [3.8, 4) is 0 Å². The molecule has 0 saturated heterocycles. The maximum Gasteiger partial charge on any atom is 0.152 e. The van der Waals surface area contributed by atoms with Gasteiger partial charge in [0.2, 0.25) is 0 Å². The van der Waals surface area contributed by atoms with Crippen molar-refractivity contribution in [3.63, 3.8) is 0 Å². The summed E-state index contributed by atoms with van der Waals surface area (Å²) in [5.41, 5.74) is 2.71. The van der Waals surface area contributed by atoms with Gasteiger partial charge in [0, 0.05) is 22.2 Å². The molecule has 0 aliphatic rings. The van der Waals surface area contributed by atoms with E-state index >= 15 is 0 Å². The largest absolute Gasteiger partial charge is 0.616 e. The minimum atomic E-state index is -0.894. The minimum absolute atomic E-state index is 0.0361. The standard InChI is InChI=1S/C15H19NO2S/c1-10(12(3)19(4)18)16-11(2)14(9-17)13-7-5-6-8-15(13)16/h5-10,12H,1-4H3. The Morgan fingerprint density at radius 3 is 2.53 bits per heavy atom. The molecule has 19 heavy (non-hydrogen) atoms. The molecule has 3 unspecified atom stereocenters. The first-order valence-electron chi connectivity index (χ1n) is 6.36. The summed E-state index contributed by atoms with van der Waals surface area (Å²) in [5, 5.41) is 1.00. The molecule has 4 heteroatoms. The molecule has 2 aromatic rings. The van der Waals surface area contributed by atoms with Crippen molar-refractivity contribution in [2.45, 2.75) is 32.1 Å². The highest BCUT2D eigenvalue weighted by atomic mass is 32.2. The Morgan fingerprint density at radius 1 is 1.32 bits per heavy atom. The summed E-state index contributed by atoms with van der Waals surface area (Å²) in [6.07, 6.45) is 2.64. The molecular weight excluding hydrogens is 258 g/mol. The summed E-state index contributed by atoms with van der Waals surface area (Å²) < 4.78 is 13.8. The van der Waals surface area contributed by atoms with Crippen LogP contribution in [0.1, 0.15) is 35.9 Å². The highest BCUT2D eigenvalue weighted by molar-refractivity contribution is 7.91. The molecule has 102 valence electrons. The van der Waals surface area contributed by atoms with E-state index in [1.165, 1.54) is 0 Å². The van der Waals surface area contributed by atoms with Crippen LogP contribution in [0.4, 0.5) is 0 Å². The van der Waals surface area contributed by atoms with E-state index in [4.69, 9.17) is 0 Å². The molecule has 0 radical (unpaired) electrons. The highest BCUT2D eigenvalue weighted by Crippen LogP contribution is 2.30. The second-order valence-corrected chi connectivity index (χ2v) is 6.69. The minimum Gasteiger partial charge on any atom is -0.616 e. The number of rotatable bonds is 4. The van der Waals surface area contributed by atoms with Gasteiger partial charge in [-0.2, -0.15) is 0 Å². The zero-order chi connectivity index (χ0) is 14.2. The molecule has 1 aromatic heterocycles. The Hall–Kier alpha value is -1.26. The van der Waals surface area contributed by atoms with Crippen LogP contribution >= 0.6 is 0 Å². The van der Waals surface area contributed by atoms with Gasteiger partial charge in [0.05, 0.1) is 12.3 Å². The van der Waals surface area contributed by atoms with Crippen molar-refractivity contribution in [2.24, 2.45) is 0 Å². The lowest BCUT2D eigenvalue weighted by atomic mass is 10.1. The summed E-state index contributed by atoms with van der Waals surface area (Å²) in [6, 6.07) is 7.96. The van der Waals surface area contributed by atoms with E-state index in [9.17, 15) is 9.35 Å². The molecule has 2 rings (SSSR count). The lowest BCUT2D eigenvalue weighted by Gasteiger charge is -2.24. The third kappa shape index (κ3) is 2.30. The van der Waals surface area contributed by atoms with Crippen LogP contribution in [-0.2, 0) is 11.2 Å². The van der Waals surface area contributed by atoms with Gasteiger partial charge in [-0.05, 0) is 26.8 Å². The van der Waals surface area contributed by atoms with Crippen LogP contribution in [-0.4, -0.2) is 26.9 Å². The van der Waals surface area contributed by atoms with Crippen LogP contribution < -0.4 is 0 Å². The second-order valence-electron chi connectivity index (χ2n) is 4.95. The number of fused-ring (bicyclic) bond motifs is 1. The quantitative estimate of drug-likeness (QED) is 0.637. The Bertz CT molecular complexity index is 603. The number of para-hydroxylation sites is 1. The molecule has 0 saturated carbocycles. The summed E-state index contributed by atoms with van der Waals surface area (Å²) in [6.45, 7) is 5.99. The molecule has 1 aromatic carbocycles. The van der Waals surface area contributed by atoms with Gasteiger partial charge >= 0.3 is 0 Å². The summed E-state index contributed by atoms with van der Waals surface area (Å²) >= 11 is -0.894. The first-order valence-corrected chi connectivity index (χ1v) is 7.98. The number of benzene rings is 1. The summed E-state index contributed by atoms with van der Waals surface area (Å²) in [5.74, 6) is 0. The smallest absolute Gasteiger partial charge is 0.152 e. The average molecular weight is 277 g/mol. The van der Waals surface area contributed by atoms with E-state index in [2.05, 4.69) is 11.5 Å². The third-order valence-electron chi connectivity index (χ3n) is 3.93. The predicted octanol–water partition coefficient (Wildman–Crippen LogP) is 3.09. The summed E-state index contributed by atoms with van der Waals surface area (Å²) in [4.78, 5) is 11.3. The average Bonchev–Trinajstić information content (AvgIpc) is 2.68. The second kappa shape index (κ2) is 5.39. The fraction of sp³-hybridized carbons (Fsp3) is 0.400. The van der Waals surface area contributed by atoms with Crippen LogP contribution in [0.2, 0.25) is 0 Å². The Morgan fingerprint density at radius 2 is 1.95 bits per heavy atom. The van der Waals surface area contributed by atoms with Gasteiger partial charge in [-0.15, -0.1) is 0 Å². The number of hydrogen-bond acceptors (Lipinski definition) is 2. The first kappa shape index (κ1) is 14.2. The molecule has 1 heterocycles. The van der Waals surface area contributed by atoms with E-state index in [0.29, 0.717) is 0 Å². The SMILES string of the molecule is Cc1c(C=O)c2ccccc2n1C(C)C(C)[S+](C)[O-]. The van der Waals surface area contributed by atoms with Gasteiger partial charge in [0.1, 0.15) is 5.25 Å².